The molecule has 21 heavy (non-hydrogen) atoms. The van der Waals surface area contributed by atoms with Gasteiger partial charge >= 0.3 is 0 Å². The lowest BCUT2D eigenvalue weighted by Gasteiger charge is -2.08. The minimum absolute atomic E-state index is 0.505. The van der Waals surface area contributed by atoms with E-state index in [1.165, 1.54) is 0 Å². The molecule has 1 aromatic heterocycles. The molecule has 6 nitrogen and oxygen atoms in total. The summed E-state index contributed by atoms with van der Waals surface area (Å²) in [5.41, 5.74) is 2.11. The van der Waals surface area contributed by atoms with E-state index >= 15 is 0 Å². The Kier molecular flexibility index (Phi) is 5.89. The Morgan fingerprint density at radius 3 is 2.95 bits per heavy atom. The average Bonchev–Trinajstić information content (AvgIpc) is 2.48. The number of hydrogen-bond donors (Lipinski definition) is 2. The first-order valence-corrected chi connectivity index (χ1v) is 7.44. The minimum atomic E-state index is 0.505. The van der Waals surface area contributed by atoms with Crippen LogP contribution in [0.3, 0.4) is 0 Å². The van der Waals surface area contributed by atoms with Crippen molar-refractivity contribution in [3.8, 4) is 0 Å². The zero-order valence-electron chi connectivity index (χ0n) is 12.1. The highest BCUT2D eigenvalue weighted by Crippen LogP contribution is 2.22. The molecule has 0 radical (unpaired) electrons. The van der Waals surface area contributed by atoms with Crippen molar-refractivity contribution in [2.24, 2.45) is 0 Å². The Hall–Kier alpha value is -1.73. The van der Waals surface area contributed by atoms with Crippen LogP contribution in [-0.2, 0) is 4.74 Å². The largest absolute Gasteiger partial charge is 0.385 e. The zero-order chi connectivity index (χ0) is 15.1. The third kappa shape index (κ3) is 4.95. The maximum absolute atomic E-state index is 4.99. The number of benzene rings is 1. The van der Waals surface area contributed by atoms with E-state index in [-0.39, 0.29) is 0 Å². The Bertz CT molecular complexity index is 593. The second-order valence-corrected chi connectivity index (χ2v) is 5.38. The zero-order valence-corrected chi connectivity index (χ0v) is 13.6. The molecule has 2 rings (SSSR count). The Morgan fingerprint density at radius 2 is 2.19 bits per heavy atom. The van der Waals surface area contributed by atoms with E-state index in [4.69, 9.17) is 4.74 Å². The van der Waals surface area contributed by atoms with Gasteiger partial charge in [0.2, 0.25) is 5.95 Å². The van der Waals surface area contributed by atoms with Crippen LogP contribution in [0.15, 0.2) is 28.9 Å². The molecule has 0 aliphatic carbocycles. The van der Waals surface area contributed by atoms with Gasteiger partial charge in [0, 0.05) is 30.4 Å². The van der Waals surface area contributed by atoms with Crippen molar-refractivity contribution in [3.05, 3.63) is 34.4 Å². The lowest BCUT2D eigenvalue weighted by molar-refractivity contribution is 0.197. The van der Waals surface area contributed by atoms with Crippen molar-refractivity contribution >= 4 is 33.4 Å². The summed E-state index contributed by atoms with van der Waals surface area (Å²) in [4.78, 5) is 4.37. The van der Waals surface area contributed by atoms with Crippen LogP contribution in [0.1, 0.15) is 12.0 Å². The molecule has 0 saturated carbocycles. The summed E-state index contributed by atoms with van der Waals surface area (Å²) in [6, 6.07) is 6.01. The van der Waals surface area contributed by atoms with Gasteiger partial charge in [0.05, 0.1) is 6.20 Å². The summed E-state index contributed by atoms with van der Waals surface area (Å²) < 4.78 is 6.07. The summed E-state index contributed by atoms with van der Waals surface area (Å²) in [7, 11) is 1.68. The smallest absolute Gasteiger partial charge is 0.244 e. The number of halogens is 1. The highest BCUT2D eigenvalue weighted by molar-refractivity contribution is 9.10. The molecular formula is C14H18BrN5O. The van der Waals surface area contributed by atoms with Crippen molar-refractivity contribution < 1.29 is 4.74 Å². The van der Waals surface area contributed by atoms with Gasteiger partial charge in [-0.1, -0.05) is 15.9 Å². The number of nitrogens with one attached hydrogen (secondary N) is 2. The first kappa shape index (κ1) is 15.7. The number of hydrogen-bond acceptors (Lipinski definition) is 6. The standard InChI is InChI=1S/C14H18BrN5O/c1-10-8-11(4-5-12(10)15)18-13-9-17-20-14(19-13)16-6-3-7-21-2/h4-5,8-9H,3,6-7H2,1-2H3,(H2,16,18,19,20). The predicted molar refractivity (Wildman–Crippen MR) is 87.0 cm³/mol. The summed E-state index contributed by atoms with van der Waals surface area (Å²) in [5.74, 6) is 1.16. The topological polar surface area (TPSA) is 72.0 Å². The molecule has 0 spiro atoms. The van der Waals surface area contributed by atoms with E-state index in [9.17, 15) is 0 Å². The number of ether oxygens (including phenoxy) is 1. The van der Waals surface area contributed by atoms with E-state index in [0.29, 0.717) is 18.4 Å². The van der Waals surface area contributed by atoms with Crippen molar-refractivity contribution in [1.29, 1.82) is 0 Å². The van der Waals surface area contributed by atoms with Crippen LogP contribution in [-0.4, -0.2) is 35.4 Å². The molecule has 0 atom stereocenters. The number of methoxy groups -OCH3 is 1. The van der Waals surface area contributed by atoms with Crippen LogP contribution in [0, 0.1) is 6.92 Å². The van der Waals surface area contributed by atoms with Gasteiger partial charge in [0.25, 0.3) is 0 Å². The van der Waals surface area contributed by atoms with Gasteiger partial charge in [-0.05, 0) is 37.1 Å². The molecule has 0 aliphatic heterocycles. The Morgan fingerprint density at radius 1 is 1.33 bits per heavy atom. The van der Waals surface area contributed by atoms with E-state index in [1.54, 1.807) is 13.3 Å². The lowest BCUT2D eigenvalue weighted by atomic mass is 10.2. The Balaban J connectivity index is 1.98. The molecule has 0 aliphatic rings. The molecule has 0 amide bonds. The van der Waals surface area contributed by atoms with E-state index in [0.717, 1.165) is 28.7 Å². The molecule has 112 valence electrons. The average molecular weight is 352 g/mol. The van der Waals surface area contributed by atoms with Crippen LogP contribution in [0.4, 0.5) is 17.5 Å². The van der Waals surface area contributed by atoms with Crippen molar-refractivity contribution in [1.82, 2.24) is 15.2 Å². The third-order valence-electron chi connectivity index (χ3n) is 2.80. The highest BCUT2D eigenvalue weighted by atomic mass is 79.9. The van der Waals surface area contributed by atoms with Crippen molar-refractivity contribution in [2.45, 2.75) is 13.3 Å². The van der Waals surface area contributed by atoms with E-state index in [1.807, 2.05) is 25.1 Å². The molecule has 1 heterocycles. The molecule has 2 aromatic rings. The maximum Gasteiger partial charge on any atom is 0.244 e. The van der Waals surface area contributed by atoms with Crippen molar-refractivity contribution in [3.63, 3.8) is 0 Å². The molecule has 0 saturated heterocycles. The summed E-state index contributed by atoms with van der Waals surface area (Å²) in [6.07, 6.45) is 2.49. The number of nitrogens with zero attached hydrogens (tertiary/aromatic N) is 3. The maximum atomic E-state index is 4.99. The minimum Gasteiger partial charge on any atom is -0.385 e. The number of rotatable bonds is 7. The predicted octanol–water partition coefficient (Wildman–Crippen LogP) is 3.13. The SMILES string of the molecule is COCCCNc1nncc(Nc2ccc(Br)c(C)c2)n1. The van der Waals surface area contributed by atoms with Crippen LogP contribution >= 0.6 is 15.9 Å². The quantitative estimate of drug-likeness (QED) is 0.746. The fourth-order valence-electron chi connectivity index (χ4n) is 1.73. The van der Waals surface area contributed by atoms with Crippen LogP contribution in [0.25, 0.3) is 0 Å². The van der Waals surface area contributed by atoms with Gasteiger partial charge < -0.3 is 15.4 Å². The van der Waals surface area contributed by atoms with E-state index in [2.05, 4.69) is 41.7 Å². The fourth-order valence-corrected chi connectivity index (χ4v) is 1.97. The summed E-state index contributed by atoms with van der Waals surface area (Å²) in [6.45, 7) is 3.49. The van der Waals surface area contributed by atoms with Gasteiger partial charge in [0.1, 0.15) is 0 Å². The Labute approximate surface area is 132 Å². The first-order valence-electron chi connectivity index (χ1n) is 6.65. The number of anilines is 3. The molecular weight excluding hydrogens is 334 g/mol. The summed E-state index contributed by atoms with van der Waals surface area (Å²) >= 11 is 3.48. The van der Waals surface area contributed by atoms with Gasteiger partial charge in [-0.3, -0.25) is 0 Å². The lowest BCUT2D eigenvalue weighted by Crippen LogP contribution is -2.09. The molecule has 7 heteroatoms. The van der Waals surface area contributed by atoms with Crippen LogP contribution in [0.2, 0.25) is 0 Å². The van der Waals surface area contributed by atoms with Crippen LogP contribution in [0.5, 0.6) is 0 Å². The monoisotopic (exact) mass is 351 g/mol. The van der Waals surface area contributed by atoms with Gasteiger partial charge in [0.15, 0.2) is 5.82 Å². The second kappa shape index (κ2) is 7.90. The summed E-state index contributed by atoms with van der Waals surface area (Å²) in [5, 5.41) is 14.2. The van der Waals surface area contributed by atoms with Gasteiger partial charge in [-0.2, -0.15) is 10.1 Å². The third-order valence-corrected chi connectivity index (χ3v) is 3.69. The van der Waals surface area contributed by atoms with Crippen LogP contribution < -0.4 is 10.6 Å². The van der Waals surface area contributed by atoms with Gasteiger partial charge in [-0.15, -0.1) is 5.10 Å². The van der Waals surface area contributed by atoms with Crippen molar-refractivity contribution in [2.75, 3.05) is 30.9 Å². The first-order chi connectivity index (χ1) is 10.2. The highest BCUT2D eigenvalue weighted by Gasteiger charge is 2.02. The van der Waals surface area contributed by atoms with Gasteiger partial charge in [-0.25, -0.2) is 0 Å². The number of aromatic nitrogens is 3. The molecule has 1 aromatic carbocycles. The molecule has 0 unspecified atom stereocenters. The van der Waals surface area contributed by atoms with E-state index < -0.39 is 0 Å². The fraction of sp³-hybridized carbons (Fsp3) is 0.357. The molecule has 2 N–H and O–H groups in total. The normalized spacial score (nSPS) is 10.4. The number of aryl methyl sites for hydroxylation is 1. The second-order valence-electron chi connectivity index (χ2n) is 4.53. The molecule has 0 fully saturated rings. The molecule has 0 bridgehead atoms.